The number of nitrogens with zero attached hydrogens (tertiary/aromatic N) is 2. The first kappa shape index (κ1) is 27.9. The summed E-state index contributed by atoms with van der Waals surface area (Å²) in [7, 11) is -4.01. The number of pyridine rings is 2. The summed E-state index contributed by atoms with van der Waals surface area (Å²) < 4.78 is 37.4. The zero-order valence-corrected chi connectivity index (χ0v) is 23.1. The molecule has 0 saturated carbocycles. The van der Waals surface area contributed by atoms with Gasteiger partial charge in [-0.15, -0.1) is 0 Å². The lowest BCUT2D eigenvalue weighted by Gasteiger charge is -2.18. The highest BCUT2D eigenvalue weighted by atomic mass is 79.9. The maximum absolute atomic E-state index is 13.3. The molecular formula is C27H26BrN2O7P. The van der Waals surface area contributed by atoms with Crippen molar-refractivity contribution in [2.45, 2.75) is 26.7 Å². The van der Waals surface area contributed by atoms with Crippen molar-refractivity contribution >= 4 is 40.8 Å². The summed E-state index contributed by atoms with van der Waals surface area (Å²) in [6.45, 7) is 1.84. The Hall–Kier alpha value is -3.14. The van der Waals surface area contributed by atoms with Gasteiger partial charge in [-0.2, -0.15) is 0 Å². The van der Waals surface area contributed by atoms with Crippen molar-refractivity contribution in [3.05, 3.63) is 111 Å². The quantitative estimate of drug-likeness (QED) is 0.112. The van der Waals surface area contributed by atoms with Gasteiger partial charge in [-0.25, -0.2) is 14.3 Å². The molecule has 0 bridgehead atoms. The van der Waals surface area contributed by atoms with Gasteiger partial charge in [-0.1, -0.05) is 60.7 Å². The largest absolute Gasteiger partial charge is 0.475 e. The third-order valence-corrected chi connectivity index (χ3v) is 7.29. The average molecular weight is 601 g/mol. The molecule has 9 nitrogen and oxygen atoms in total. The normalized spacial score (nSPS) is 11.5. The molecule has 0 N–H and O–H groups in total. The molecule has 0 atom stereocenters. The fourth-order valence-electron chi connectivity index (χ4n) is 3.56. The van der Waals surface area contributed by atoms with Crippen LogP contribution < -0.4 is 5.43 Å². The van der Waals surface area contributed by atoms with E-state index in [2.05, 4.69) is 20.9 Å². The molecule has 198 valence electrons. The molecule has 4 aromatic rings. The van der Waals surface area contributed by atoms with Crippen LogP contribution in [0, 0.1) is 0 Å². The SMILES string of the molecule is CCn1cc(C(=O)OCCOP(=O)(OCc2ccccc2)OCc2ccccc2)c(=O)c2cc(Br)cnc21. The Balaban J connectivity index is 1.41. The number of halogens is 1. The minimum atomic E-state index is -4.01. The van der Waals surface area contributed by atoms with E-state index in [-0.39, 0.29) is 32.0 Å². The van der Waals surface area contributed by atoms with Crippen LogP contribution in [0.2, 0.25) is 0 Å². The Labute approximate surface area is 228 Å². The summed E-state index contributed by atoms with van der Waals surface area (Å²) in [5, 5.41) is 0.292. The maximum atomic E-state index is 13.3. The minimum absolute atomic E-state index is 0.00391. The van der Waals surface area contributed by atoms with Gasteiger partial charge >= 0.3 is 13.8 Å². The van der Waals surface area contributed by atoms with E-state index in [0.717, 1.165) is 11.1 Å². The minimum Gasteiger partial charge on any atom is -0.459 e. The van der Waals surface area contributed by atoms with E-state index in [1.54, 1.807) is 16.8 Å². The first-order chi connectivity index (χ1) is 18.4. The third-order valence-electron chi connectivity index (χ3n) is 5.47. The lowest BCUT2D eigenvalue weighted by Crippen LogP contribution is -2.22. The smallest absolute Gasteiger partial charge is 0.459 e. The van der Waals surface area contributed by atoms with Crippen molar-refractivity contribution in [1.82, 2.24) is 9.55 Å². The van der Waals surface area contributed by atoms with Crippen LogP contribution in [-0.4, -0.2) is 28.7 Å². The number of phosphoric acid groups is 1. The molecule has 0 aliphatic heterocycles. The molecule has 0 saturated heterocycles. The summed E-state index contributed by atoms with van der Waals surface area (Å²) in [4.78, 5) is 30.0. The zero-order valence-electron chi connectivity index (χ0n) is 20.6. The molecule has 0 amide bonds. The number of hydrogen-bond donors (Lipinski definition) is 0. The number of phosphoric ester groups is 1. The highest BCUT2D eigenvalue weighted by molar-refractivity contribution is 9.10. The van der Waals surface area contributed by atoms with Gasteiger partial charge in [0.25, 0.3) is 0 Å². The molecule has 0 radical (unpaired) electrons. The van der Waals surface area contributed by atoms with Crippen molar-refractivity contribution in [1.29, 1.82) is 0 Å². The lowest BCUT2D eigenvalue weighted by atomic mass is 10.2. The van der Waals surface area contributed by atoms with E-state index in [1.807, 2.05) is 67.6 Å². The number of ether oxygens (including phenoxy) is 1. The number of aryl methyl sites for hydroxylation is 1. The molecule has 2 aromatic carbocycles. The van der Waals surface area contributed by atoms with Crippen LogP contribution >= 0.6 is 23.8 Å². The average Bonchev–Trinajstić information content (AvgIpc) is 2.95. The lowest BCUT2D eigenvalue weighted by molar-refractivity contribution is 0.0375. The fraction of sp³-hybridized carbons (Fsp3) is 0.222. The number of rotatable bonds is 12. The van der Waals surface area contributed by atoms with Crippen molar-refractivity contribution in [2.24, 2.45) is 0 Å². The predicted molar refractivity (Wildman–Crippen MR) is 146 cm³/mol. The molecule has 38 heavy (non-hydrogen) atoms. The number of carbonyl (C=O) groups excluding carboxylic acids is 1. The van der Waals surface area contributed by atoms with Crippen LogP contribution in [-0.2, 0) is 42.6 Å². The topological polar surface area (TPSA) is 106 Å². The second kappa shape index (κ2) is 13.1. The van der Waals surface area contributed by atoms with E-state index in [0.29, 0.717) is 22.1 Å². The summed E-state index contributed by atoms with van der Waals surface area (Å²) in [6, 6.07) is 20.0. The maximum Gasteiger partial charge on any atom is 0.475 e. The van der Waals surface area contributed by atoms with Crippen LogP contribution in [0.25, 0.3) is 11.0 Å². The van der Waals surface area contributed by atoms with Crippen molar-refractivity contribution < 1.29 is 27.7 Å². The molecule has 0 spiro atoms. The van der Waals surface area contributed by atoms with Gasteiger partial charge in [0.1, 0.15) is 17.8 Å². The third kappa shape index (κ3) is 7.24. The number of hydrogen-bond acceptors (Lipinski definition) is 8. The Bertz CT molecular complexity index is 1450. The Morgan fingerprint density at radius 1 is 0.947 bits per heavy atom. The highest BCUT2D eigenvalue weighted by Gasteiger charge is 2.27. The monoisotopic (exact) mass is 600 g/mol. The second-order valence-electron chi connectivity index (χ2n) is 8.12. The molecule has 0 aliphatic carbocycles. The first-order valence-corrected chi connectivity index (χ1v) is 14.1. The van der Waals surface area contributed by atoms with Crippen LogP contribution in [0.1, 0.15) is 28.4 Å². The summed E-state index contributed by atoms with van der Waals surface area (Å²) in [6.07, 6.45) is 3.01. The van der Waals surface area contributed by atoms with E-state index < -0.39 is 19.2 Å². The molecule has 4 rings (SSSR count). The van der Waals surface area contributed by atoms with Crippen LogP contribution in [0.5, 0.6) is 0 Å². The van der Waals surface area contributed by atoms with Gasteiger partial charge in [0.05, 0.1) is 25.2 Å². The van der Waals surface area contributed by atoms with Gasteiger partial charge in [-0.3, -0.25) is 18.4 Å². The Kier molecular flexibility index (Phi) is 9.60. The van der Waals surface area contributed by atoms with E-state index in [1.165, 1.54) is 6.20 Å². The molecule has 11 heteroatoms. The van der Waals surface area contributed by atoms with Crippen LogP contribution in [0.4, 0.5) is 0 Å². The van der Waals surface area contributed by atoms with E-state index in [9.17, 15) is 14.2 Å². The molecule has 2 aromatic heterocycles. The molecule has 0 fully saturated rings. The predicted octanol–water partition coefficient (Wildman–Crippen LogP) is 5.89. The first-order valence-electron chi connectivity index (χ1n) is 11.9. The van der Waals surface area contributed by atoms with Gasteiger partial charge in [0.2, 0.25) is 5.43 Å². The molecule has 0 aliphatic rings. The molecular weight excluding hydrogens is 575 g/mol. The highest BCUT2D eigenvalue weighted by Crippen LogP contribution is 2.50. The summed E-state index contributed by atoms with van der Waals surface area (Å²) in [5.74, 6) is -0.826. The zero-order chi connectivity index (χ0) is 27.0. The van der Waals surface area contributed by atoms with Crippen molar-refractivity contribution in [2.75, 3.05) is 13.2 Å². The molecule has 0 unspecified atom stereocenters. The Morgan fingerprint density at radius 2 is 1.55 bits per heavy atom. The van der Waals surface area contributed by atoms with E-state index in [4.69, 9.17) is 18.3 Å². The number of esters is 1. The standard InChI is InChI=1S/C27H26BrN2O7P/c1-2-30-17-24(25(31)23-15-22(28)16-29-26(23)30)27(32)34-13-14-35-38(33,36-18-20-9-5-3-6-10-20)37-19-21-11-7-4-8-12-21/h3-12,15-17H,2,13-14,18-19H2,1H3. The number of carbonyl (C=O) groups is 1. The van der Waals surface area contributed by atoms with Gasteiger partial charge in [-0.05, 0) is 40.0 Å². The van der Waals surface area contributed by atoms with Crippen molar-refractivity contribution in [3.63, 3.8) is 0 Å². The second-order valence-corrected chi connectivity index (χ2v) is 10.7. The molecule has 2 heterocycles. The van der Waals surface area contributed by atoms with Gasteiger partial charge in [0, 0.05) is 23.4 Å². The number of aromatic nitrogens is 2. The van der Waals surface area contributed by atoms with Gasteiger partial charge < -0.3 is 9.30 Å². The number of fused-ring (bicyclic) bond motifs is 1. The Morgan fingerprint density at radius 3 is 2.13 bits per heavy atom. The summed E-state index contributed by atoms with van der Waals surface area (Å²) >= 11 is 3.31. The number of benzene rings is 2. The van der Waals surface area contributed by atoms with Crippen molar-refractivity contribution in [3.8, 4) is 0 Å². The van der Waals surface area contributed by atoms with Crippen LogP contribution in [0.3, 0.4) is 0 Å². The van der Waals surface area contributed by atoms with Crippen LogP contribution in [0.15, 0.2) is 88.4 Å². The van der Waals surface area contributed by atoms with E-state index >= 15 is 0 Å². The van der Waals surface area contributed by atoms with Gasteiger partial charge in [0.15, 0.2) is 0 Å². The fourth-order valence-corrected chi connectivity index (χ4v) is 5.03. The summed E-state index contributed by atoms with van der Waals surface area (Å²) in [5.41, 5.74) is 1.41.